The maximum atomic E-state index is 4.09. The minimum atomic E-state index is 0.715. The highest BCUT2D eigenvalue weighted by Gasteiger charge is 2.17. The van der Waals surface area contributed by atoms with Crippen molar-refractivity contribution in [3.63, 3.8) is 0 Å². The summed E-state index contributed by atoms with van der Waals surface area (Å²) in [5.41, 5.74) is 4.17. The van der Waals surface area contributed by atoms with Crippen LogP contribution in [-0.2, 0) is 0 Å². The van der Waals surface area contributed by atoms with Crippen LogP contribution in [0.25, 0.3) is 5.57 Å². The Bertz CT molecular complexity index is 310. The average Bonchev–Trinajstić information content (AvgIpc) is 2.12. The minimum Gasteiger partial charge on any atom is -0.0952 e. The Hall–Kier alpha value is -1.04. The standard InChI is InChI=1S/C12H14/c1-9-7-8-10(2)12-6-4-3-5-11(9)12/h3-6,10H,1,7-8H2,2H3/t10-/m0/s1. The third-order valence-corrected chi connectivity index (χ3v) is 2.75. The second-order valence-electron chi connectivity index (χ2n) is 3.63. The van der Waals surface area contributed by atoms with Crippen LogP contribution in [-0.4, -0.2) is 0 Å². The molecular weight excluding hydrogens is 144 g/mol. The molecule has 1 aromatic carbocycles. The highest BCUT2D eigenvalue weighted by atomic mass is 14.2. The van der Waals surface area contributed by atoms with Gasteiger partial charge in [-0.2, -0.15) is 0 Å². The molecule has 0 heterocycles. The van der Waals surface area contributed by atoms with Crippen LogP contribution in [0.2, 0.25) is 0 Å². The van der Waals surface area contributed by atoms with E-state index < -0.39 is 0 Å². The number of hydrogen-bond donors (Lipinski definition) is 0. The lowest BCUT2D eigenvalue weighted by Gasteiger charge is -2.23. The molecule has 2 rings (SSSR count). The van der Waals surface area contributed by atoms with E-state index in [0.717, 1.165) is 6.42 Å². The van der Waals surface area contributed by atoms with Gasteiger partial charge in [0.2, 0.25) is 0 Å². The Balaban J connectivity index is 2.55. The molecule has 0 amide bonds. The van der Waals surface area contributed by atoms with Gasteiger partial charge in [0.05, 0.1) is 0 Å². The molecule has 1 aromatic rings. The molecule has 1 aliphatic rings. The molecule has 0 fully saturated rings. The normalized spacial score (nSPS) is 22.1. The smallest absolute Gasteiger partial charge is 0.0181 e. The zero-order valence-electron chi connectivity index (χ0n) is 7.51. The lowest BCUT2D eigenvalue weighted by atomic mass is 9.82. The highest BCUT2D eigenvalue weighted by Crippen LogP contribution is 2.36. The molecule has 0 radical (unpaired) electrons. The van der Waals surface area contributed by atoms with Gasteiger partial charge in [-0.15, -0.1) is 0 Å². The molecule has 1 aliphatic carbocycles. The Morgan fingerprint density at radius 2 is 2.08 bits per heavy atom. The molecule has 0 saturated carbocycles. The molecule has 1 atom stereocenters. The van der Waals surface area contributed by atoms with Crippen LogP contribution in [0.15, 0.2) is 30.8 Å². The first-order chi connectivity index (χ1) is 5.79. The average molecular weight is 158 g/mol. The van der Waals surface area contributed by atoms with Gasteiger partial charge in [-0.25, -0.2) is 0 Å². The van der Waals surface area contributed by atoms with Gasteiger partial charge in [0.1, 0.15) is 0 Å². The van der Waals surface area contributed by atoms with Crippen LogP contribution in [0.1, 0.15) is 36.8 Å². The zero-order valence-corrected chi connectivity index (χ0v) is 7.51. The summed E-state index contributed by atoms with van der Waals surface area (Å²) in [5, 5.41) is 0. The van der Waals surface area contributed by atoms with Crippen molar-refractivity contribution < 1.29 is 0 Å². The van der Waals surface area contributed by atoms with Gasteiger partial charge in [-0.05, 0) is 35.5 Å². The molecule has 0 heteroatoms. The van der Waals surface area contributed by atoms with Crippen molar-refractivity contribution in [2.45, 2.75) is 25.7 Å². The Labute approximate surface area is 73.9 Å². The lowest BCUT2D eigenvalue weighted by molar-refractivity contribution is 0.675. The summed E-state index contributed by atoms with van der Waals surface area (Å²) < 4.78 is 0. The summed E-state index contributed by atoms with van der Waals surface area (Å²) in [6.45, 7) is 6.39. The van der Waals surface area contributed by atoms with Crippen LogP contribution in [0.3, 0.4) is 0 Å². The third kappa shape index (κ3) is 1.08. The zero-order chi connectivity index (χ0) is 8.55. The third-order valence-electron chi connectivity index (χ3n) is 2.75. The fourth-order valence-electron chi connectivity index (χ4n) is 1.93. The number of allylic oxidation sites excluding steroid dienone is 1. The van der Waals surface area contributed by atoms with E-state index in [0.29, 0.717) is 5.92 Å². The number of benzene rings is 1. The lowest BCUT2D eigenvalue weighted by Crippen LogP contribution is -2.04. The number of hydrogen-bond acceptors (Lipinski definition) is 0. The van der Waals surface area contributed by atoms with Crippen molar-refractivity contribution in [1.29, 1.82) is 0 Å². The predicted molar refractivity (Wildman–Crippen MR) is 53.1 cm³/mol. The highest BCUT2D eigenvalue weighted by molar-refractivity contribution is 5.68. The molecule has 12 heavy (non-hydrogen) atoms. The van der Waals surface area contributed by atoms with Crippen molar-refractivity contribution in [1.82, 2.24) is 0 Å². The van der Waals surface area contributed by atoms with E-state index in [9.17, 15) is 0 Å². The fourth-order valence-corrected chi connectivity index (χ4v) is 1.93. The van der Waals surface area contributed by atoms with E-state index in [1.807, 2.05) is 0 Å². The van der Waals surface area contributed by atoms with Crippen molar-refractivity contribution in [2.75, 3.05) is 0 Å². The fraction of sp³-hybridized carbons (Fsp3) is 0.333. The first kappa shape index (κ1) is 7.60. The van der Waals surface area contributed by atoms with Gasteiger partial charge in [0, 0.05) is 0 Å². The quantitative estimate of drug-likeness (QED) is 0.541. The van der Waals surface area contributed by atoms with E-state index in [2.05, 4.69) is 37.8 Å². The van der Waals surface area contributed by atoms with Gasteiger partial charge in [-0.3, -0.25) is 0 Å². The van der Waals surface area contributed by atoms with E-state index >= 15 is 0 Å². The molecule has 0 aromatic heterocycles. The summed E-state index contributed by atoms with van der Waals surface area (Å²) in [6.07, 6.45) is 2.42. The summed E-state index contributed by atoms with van der Waals surface area (Å²) in [7, 11) is 0. The maximum absolute atomic E-state index is 4.09. The van der Waals surface area contributed by atoms with Gasteiger partial charge >= 0.3 is 0 Å². The Kier molecular flexibility index (Phi) is 1.76. The van der Waals surface area contributed by atoms with Gasteiger partial charge in [0.15, 0.2) is 0 Å². The molecule has 62 valence electrons. The number of fused-ring (bicyclic) bond motifs is 1. The molecule has 0 saturated heterocycles. The van der Waals surface area contributed by atoms with E-state index in [4.69, 9.17) is 0 Å². The molecule has 0 bridgehead atoms. The molecule has 0 aliphatic heterocycles. The van der Waals surface area contributed by atoms with Crippen LogP contribution < -0.4 is 0 Å². The predicted octanol–water partition coefficient (Wildman–Crippen LogP) is 3.60. The van der Waals surface area contributed by atoms with E-state index in [-0.39, 0.29) is 0 Å². The summed E-state index contributed by atoms with van der Waals surface area (Å²) in [5.74, 6) is 0.715. The van der Waals surface area contributed by atoms with Crippen molar-refractivity contribution in [3.8, 4) is 0 Å². The first-order valence-corrected chi connectivity index (χ1v) is 4.56. The summed E-state index contributed by atoms with van der Waals surface area (Å²) in [4.78, 5) is 0. The van der Waals surface area contributed by atoms with Crippen molar-refractivity contribution in [2.24, 2.45) is 0 Å². The topological polar surface area (TPSA) is 0 Å². The van der Waals surface area contributed by atoms with Crippen molar-refractivity contribution >= 4 is 5.57 Å². The van der Waals surface area contributed by atoms with Gasteiger partial charge < -0.3 is 0 Å². The van der Waals surface area contributed by atoms with Crippen LogP contribution in [0.4, 0.5) is 0 Å². The summed E-state index contributed by atoms with van der Waals surface area (Å²) in [6, 6.07) is 8.63. The molecule has 0 nitrogen and oxygen atoms in total. The Morgan fingerprint density at radius 1 is 1.33 bits per heavy atom. The largest absolute Gasteiger partial charge is 0.0952 e. The molecule has 0 N–H and O–H groups in total. The van der Waals surface area contributed by atoms with Crippen molar-refractivity contribution in [3.05, 3.63) is 42.0 Å². The monoisotopic (exact) mass is 158 g/mol. The maximum Gasteiger partial charge on any atom is -0.0181 e. The second kappa shape index (κ2) is 2.78. The minimum absolute atomic E-state index is 0.715. The Morgan fingerprint density at radius 3 is 2.83 bits per heavy atom. The van der Waals surface area contributed by atoms with Gasteiger partial charge in [-0.1, -0.05) is 37.8 Å². The number of rotatable bonds is 0. The molecular formula is C12H14. The van der Waals surface area contributed by atoms with E-state index in [1.54, 1.807) is 0 Å². The first-order valence-electron chi connectivity index (χ1n) is 4.56. The van der Waals surface area contributed by atoms with Gasteiger partial charge in [0.25, 0.3) is 0 Å². The molecule has 0 unspecified atom stereocenters. The van der Waals surface area contributed by atoms with E-state index in [1.165, 1.54) is 23.1 Å². The van der Waals surface area contributed by atoms with Crippen LogP contribution in [0, 0.1) is 0 Å². The second-order valence-corrected chi connectivity index (χ2v) is 3.63. The summed E-state index contributed by atoms with van der Waals surface area (Å²) >= 11 is 0. The SMILES string of the molecule is C=C1CC[C@H](C)c2ccccc21. The van der Waals surface area contributed by atoms with Crippen LogP contribution in [0.5, 0.6) is 0 Å². The van der Waals surface area contributed by atoms with Crippen LogP contribution >= 0.6 is 0 Å². The molecule has 0 spiro atoms.